The van der Waals surface area contributed by atoms with Crippen LogP contribution < -0.4 is 15.4 Å². The van der Waals surface area contributed by atoms with Crippen molar-refractivity contribution in [1.82, 2.24) is 5.32 Å². The van der Waals surface area contributed by atoms with E-state index in [4.69, 9.17) is 16.3 Å². The lowest BCUT2D eigenvalue weighted by molar-refractivity contribution is 0.247. The summed E-state index contributed by atoms with van der Waals surface area (Å²) in [5, 5.41) is 6.32. The zero-order valence-corrected chi connectivity index (χ0v) is 14.1. The highest BCUT2D eigenvalue weighted by molar-refractivity contribution is 6.30. The van der Waals surface area contributed by atoms with Crippen LogP contribution in [-0.4, -0.2) is 19.2 Å². The maximum absolute atomic E-state index is 11.9. The topological polar surface area (TPSA) is 50.4 Å². The molecule has 0 aliphatic carbocycles. The van der Waals surface area contributed by atoms with Crippen molar-refractivity contribution in [3.8, 4) is 5.75 Å². The van der Waals surface area contributed by atoms with Crippen molar-refractivity contribution < 1.29 is 9.53 Å². The number of ether oxygens (including phenoxy) is 1. The first-order chi connectivity index (χ1) is 11.1. The number of anilines is 1. The molecule has 0 heterocycles. The number of hydrogen-bond acceptors (Lipinski definition) is 2. The molecule has 4 nitrogen and oxygen atoms in total. The van der Waals surface area contributed by atoms with E-state index in [2.05, 4.69) is 17.6 Å². The maximum atomic E-state index is 11.9. The summed E-state index contributed by atoms with van der Waals surface area (Å²) in [6.07, 6.45) is 0.870. The molecule has 0 bridgehead atoms. The first-order valence-electron chi connectivity index (χ1n) is 7.62. The van der Waals surface area contributed by atoms with E-state index in [-0.39, 0.29) is 6.03 Å². The Balaban J connectivity index is 1.76. The van der Waals surface area contributed by atoms with Crippen LogP contribution in [0.2, 0.25) is 5.02 Å². The zero-order valence-electron chi connectivity index (χ0n) is 13.4. The summed E-state index contributed by atoms with van der Waals surface area (Å²) in [5.41, 5.74) is 2.91. The van der Waals surface area contributed by atoms with Crippen LogP contribution >= 0.6 is 11.6 Å². The van der Waals surface area contributed by atoms with Crippen LogP contribution in [0, 0.1) is 6.92 Å². The number of aryl methyl sites for hydroxylation is 2. The number of urea groups is 1. The quantitative estimate of drug-likeness (QED) is 0.770. The molecule has 0 radical (unpaired) electrons. The van der Waals surface area contributed by atoms with E-state index in [9.17, 15) is 4.79 Å². The van der Waals surface area contributed by atoms with Gasteiger partial charge in [0, 0.05) is 10.7 Å². The van der Waals surface area contributed by atoms with E-state index < -0.39 is 0 Å². The molecule has 0 atom stereocenters. The monoisotopic (exact) mass is 332 g/mol. The van der Waals surface area contributed by atoms with Crippen LogP contribution in [-0.2, 0) is 6.42 Å². The van der Waals surface area contributed by atoms with E-state index in [0.717, 1.165) is 29.0 Å². The molecule has 122 valence electrons. The van der Waals surface area contributed by atoms with Crippen molar-refractivity contribution in [3.63, 3.8) is 0 Å². The number of carbonyl (C=O) groups is 1. The Labute approximate surface area is 141 Å². The second kappa shape index (κ2) is 8.44. The first kappa shape index (κ1) is 17.2. The van der Waals surface area contributed by atoms with E-state index in [0.29, 0.717) is 18.2 Å². The molecule has 5 heteroatoms. The van der Waals surface area contributed by atoms with E-state index in [1.54, 1.807) is 6.07 Å². The minimum atomic E-state index is -0.234. The molecule has 0 saturated heterocycles. The fourth-order valence-corrected chi connectivity index (χ4v) is 2.44. The summed E-state index contributed by atoms with van der Waals surface area (Å²) in [5.74, 6) is 0.771. The molecular weight excluding hydrogens is 312 g/mol. The summed E-state index contributed by atoms with van der Waals surface area (Å²) in [4.78, 5) is 11.9. The minimum absolute atomic E-state index is 0.234. The fourth-order valence-electron chi connectivity index (χ4n) is 2.22. The molecule has 0 unspecified atom stereocenters. The van der Waals surface area contributed by atoms with Gasteiger partial charge in [0.05, 0.1) is 6.54 Å². The predicted molar refractivity (Wildman–Crippen MR) is 94.5 cm³/mol. The fraction of sp³-hybridized carbons (Fsp3) is 0.278. The van der Waals surface area contributed by atoms with Crippen LogP contribution in [0.15, 0.2) is 42.5 Å². The largest absolute Gasteiger partial charge is 0.491 e. The van der Waals surface area contributed by atoms with Gasteiger partial charge >= 0.3 is 6.03 Å². The Morgan fingerprint density at radius 3 is 2.74 bits per heavy atom. The molecule has 2 amide bonds. The van der Waals surface area contributed by atoms with Crippen LogP contribution in [0.4, 0.5) is 10.5 Å². The molecule has 0 aromatic heterocycles. The van der Waals surface area contributed by atoms with Crippen molar-refractivity contribution >= 4 is 23.3 Å². The summed E-state index contributed by atoms with van der Waals surface area (Å²) >= 11 is 5.90. The Morgan fingerprint density at radius 1 is 1.22 bits per heavy atom. The SMILES string of the molecule is CCc1ccccc1NC(=O)NCCOc1ccc(Cl)cc1C. The average molecular weight is 333 g/mol. The molecule has 2 rings (SSSR count). The van der Waals surface area contributed by atoms with E-state index >= 15 is 0 Å². The van der Waals surface area contributed by atoms with Crippen molar-refractivity contribution in [2.24, 2.45) is 0 Å². The molecule has 0 spiro atoms. The van der Waals surface area contributed by atoms with Crippen molar-refractivity contribution in [2.75, 3.05) is 18.5 Å². The zero-order chi connectivity index (χ0) is 16.7. The summed E-state index contributed by atoms with van der Waals surface area (Å²) < 4.78 is 5.64. The van der Waals surface area contributed by atoms with Gasteiger partial charge in [-0.1, -0.05) is 36.7 Å². The number of nitrogens with one attached hydrogen (secondary N) is 2. The molecule has 0 fully saturated rings. The van der Waals surface area contributed by atoms with Crippen LogP contribution in [0.25, 0.3) is 0 Å². The Hall–Kier alpha value is -2.20. The highest BCUT2D eigenvalue weighted by Crippen LogP contribution is 2.21. The van der Waals surface area contributed by atoms with Crippen LogP contribution in [0.5, 0.6) is 5.75 Å². The average Bonchev–Trinajstić information content (AvgIpc) is 2.53. The Kier molecular flexibility index (Phi) is 6.29. The molecule has 2 aromatic carbocycles. The van der Waals surface area contributed by atoms with Crippen LogP contribution in [0.1, 0.15) is 18.1 Å². The third-order valence-electron chi connectivity index (χ3n) is 3.43. The van der Waals surface area contributed by atoms with Gasteiger partial charge in [-0.15, -0.1) is 0 Å². The number of halogens is 1. The van der Waals surface area contributed by atoms with Crippen molar-refractivity contribution in [1.29, 1.82) is 0 Å². The van der Waals surface area contributed by atoms with Gasteiger partial charge in [0.25, 0.3) is 0 Å². The summed E-state index contributed by atoms with van der Waals surface area (Å²) in [7, 11) is 0. The van der Waals surface area contributed by atoms with Crippen molar-refractivity contribution in [2.45, 2.75) is 20.3 Å². The van der Waals surface area contributed by atoms with Gasteiger partial charge in [0.1, 0.15) is 12.4 Å². The van der Waals surface area contributed by atoms with Gasteiger partial charge in [-0.05, 0) is 48.7 Å². The molecule has 2 aromatic rings. The molecule has 2 N–H and O–H groups in total. The Bertz CT molecular complexity index is 674. The van der Waals surface area contributed by atoms with Gasteiger partial charge in [0.15, 0.2) is 0 Å². The number of para-hydroxylation sites is 1. The Morgan fingerprint density at radius 2 is 2.00 bits per heavy atom. The second-order valence-corrected chi connectivity index (χ2v) is 5.59. The lowest BCUT2D eigenvalue weighted by Crippen LogP contribution is -2.32. The molecule has 0 aliphatic heterocycles. The standard InChI is InChI=1S/C18H21ClN2O2/c1-3-14-6-4-5-7-16(14)21-18(22)20-10-11-23-17-9-8-15(19)12-13(17)2/h4-9,12H,3,10-11H2,1-2H3,(H2,20,21,22). The molecule has 0 aliphatic rings. The number of benzene rings is 2. The summed E-state index contributed by atoms with van der Waals surface area (Å²) in [6, 6.07) is 13.0. The maximum Gasteiger partial charge on any atom is 0.319 e. The van der Waals surface area contributed by atoms with Gasteiger partial charge in [-0.3, -0.25) is 0 Å². The normalized spacial score (nSPS) is 10.2. The number of carbonyl (C=O) groups excluding carboxylic acids is 1. The first-order valence-corrected chi connectivity index (χ1v) is 7.99. The summed E-state index contributed by atoms with van der Waals surface area (Å²) in [6.45, 7) is 4.80. The van der Waals surface area contributed by atoms with E-state index in [1.165, 1.54) is 0 Å². The highest BCUT2D eigenvalue weighted by Gasteiger charge is 2.05. The lowest BCUT2D eigenvalue weighted by Gasteiger charge is -2.12. The molecule has 0 saturated carbocycles. The number of hydrogen-bond donors (Lipinski definition) is 2. The minimum Gasteiger partial charge on any atom is -0.491 e. The molecular formula is C18H21ClN2O2. The number of amides is 2. The van der Waals surface area contributed by atoms with E-state index in [1.807, 2.05) is 43.3 Å². The smallest absolute Gasteiger partial charge is 0.319 e. The van der Waals surface area contributed by atoms with Gasteiger partial charge < -0.3 is 15.4 Å². The number of rotatable bonds is 6. The third-order valence-corrected chi connectivity index (χ3v) is 3.66. The van der Waals surface area contributed by atoms with Crippen molar-refractivity contribution in [3.05, 3.63) is 58.6 Å². The lowest BCUT2D eigenvalue weighted by atomic mass is 10.1. The van der Waals surface area contributed by atoms with Gasteiger partial charge in [-0.2, -0.15) is 0 Å². The van der Waals surface area contributed by atoms with Gasteiger partial charge in [0.2, 0.25) is 0 Å². The molecule has 23 heavy (non-hydrogen) atoms. The highest BCUT2D eigenvalue weighted by atomic mass is 35.5. The van der Waals surface area contributed by atoms with Gasteiger partial charge in [-0.25, -0.2) is 4.79 Å². The predicted octanol–water partition coefficient (Wildman–Crippen LogP) is 4.41. The van der Waals surface area contributed by atoms with Crippen LogP contribution in [0.3, 0.4) is 0 Å². The third kappa shape index (κ3) is 5.18. The second-order valence-electron chi connectivity index (χ2n) is 5.15.